The molecule has 3 heterocycles. The van der Waals surface area contributed by atoms with Gasteiger partial charge in [0.15, 0.2) is 0 Å². The normalized spacial score (nSPS) is 10.9. The second-order valence-corrected chi connectivity index (χ2v) is 7.02. The molecule has 0 aliphatic rings. The summed E-state index contributed by atoms with van der Waals surface area (Å²) in [7, 11) is 0. The molecule has 146 valence electrons. The van der Waals surface area contributed by atoms with Crippen molar-refractivity contribution < 1.29 is 4.74 Å². The number of nitrogen functional groups attached to an aromatic ring is 1. The lowest BCUT2D eigenvalue weighted by molar-refractivity contribution is 0.302. The molecule has 0 fully saturated rings. The molecule has 0 aliphatic heterocycles. The van der Waals surface area contributed by atoms with E-state index in [4.69, 9.17) is 10.5 Å². The number of ether oxygens (including phenoxy) is 1. The van der Waals surface area contributed by atoms with Crippen LogP contribution >= 0.6 is 0 Å². The Morgan fingerprint density at radius 3 is 2.43 bits per heavy atom. The third kappa shape index (κ3) is 3.61. The van der Waals surface area contributed by atoms with Gasteiger partial charge < -0.3 is 15.5 Å². The summed E-state index contributed by atoms with van der Waals surface area (Å²) in [6.07, 6.45) is 1.89. The van der Waals surface area contributed by atoms with Crippen molar-refractivity contribution in [2.45, 2.75) is 6.61 Å². The number of fused-ring (bicyclic) bond motifs is 1. The van der Waals surface area contributed by atoms with Gasteiger partial charge in [0, 0.05) is 17.3 Å². The van der Waals surface area contributed by atoms with Gasteiger partial charge in [0.2, 0.25) is 0 Å². The molecule has 0 unspecified atom stereocenters. The van der Waals surface area contributed by atoms with Crippen LogP contribution in [0.1, 0.15) is 5.69 Å². The van der Waals surface area contributed by atoms with Crippen molar-refractivity contribution in [1.29, 1.82) is 0 Å². The van der Waals surface area contributed by atoms with Crippen LogP contribution < -0.4 is 10.5 Å². The van der Waals surface area contributed by atoms with Crippen LogP contribution in [-0.2, 0) is 6.61 Å². The average Bonchev–Trinajstić information content (AvgIpc) is 3.27. The van der Waals surface area contributed by atoms with E-state index in [1.807, 2.05) is 91.1 Å². The molecule has 2 aromatic carbocycles. The Morgan fingerprint density at radius 1 is 0.767 bits per heavy atom. The molecule has 0 radical (unpaired) electrons. The van der Waals surface area contributed by atoms with E-state index in [0.29, 0.717) is 12.4 Å². The number of rotatable bonds is 5. The molecule has 0 amide bonds. The lowest BCUT2D eigenvalue weighted by Crippen LogP contribution is -1.98. The number of aromatic amines is 1. The van der Waals surface area contributed by atoms with Crippen LogP contribution in [0.4, 0.5) is 5.82 Å². The number of nitrogens with two attached hydrogens (primary N) is 1. The summed E-state index contributed by atoms with van der Waals surface area (Å²) in [4.78, 5) is 12.3. The molecule has 0 aliphatic carbocycles. The number of nitrogens with zero attached hydrogens (tertiary/aromatic N) is 2. The Bertz CT molecular complexity index is 1290. The van der Waals surface area contributed by atoms with Crippen molar-refractivity contribution >= 4 is 16.9 Å². The Kier molecular flexibility index (Phi) is 4.62. The first-order valence-corrected chi connectivity index (χ1v) is 9.74. The zero-order valence-corrected chi connectivity index (χ0v) is 16.2. The fourth-order valence-electron chi connectivity index (χ4n) is 3.47. The van der Waals surface area contributed by atoms with Gasteiger partial charge in [0.25, 0.3) is 0 Å². The fraction of sp³-hybridized carbons (Fsp3) is 0.0400. The third-order valence-electron chi connectivity index (χ3n) is 4.98. The summed E-state index contributed by atoms with van der Waals surface area (Å²) in [6.45, 7) is 0.416. The number of aromatic nitrogens is 3. The highest BCUT2D eigenvalue weighted by Crippen LogP contribution is 2.32. The van der Waals surface area contributed by atoms with Crippen LogP contribution in [0.25, 0.3) is 33.4 Å². The number of anilines is 1. The quantitative estimate of drug-likeness (QED) is 0.417. The van der Waals surface area contributed by atoms with E-state index in [2.05, 4.69) is 15.0 Å². The number of nitrogens with one attached hydrogen (secondary N) is 1. The summed E-state index contributed by atoms with van der Waals surface area (Å²) in [5, 5.41) is 0. The van der Waals surface area contributed by atoms with E-state index in [1.165, 1.54) is 0 Å². The van der Waals surface area contributed by atoms with Crippen molar-refractivity contribution in [2.75, 3.05) is 5.73 Å². The van der Waals surface area contributed by atoms with Crippen LogP contribution in [-0.4, -0.2) is 15.0 Å². The molecule has 30 heavy (non-hydrogen) atoms. The highest BCUT2D eigenvalue weighted by Gasteiger charge is 2.10. The molecule has 0 spiro atoms. The third-order valence-corrected chi connectivity index (χ3v) is 4.98. The summed E-state index contributed by atoms with van der Waals surface area (Å²) < 4.78 is 5.93. The first kappa shape index (κ1) is 17.9. The number of hydrogen-bond acceptors (Lipinski definition) is 4. The molecule has 0 atom stereocenters. The Balaban J connectivity index is 1.37. The topological polar surface area (TPSA) is 76.8 Å². The lowest BCUT2D eigenvalue weighted by Gasteiger charge is -2.11. The largest absolute Gasteiger partial charge is 0.487 e. The number of H-pyrrole nitrogens is 1. The van der Waals surface area contributed by atoms with Gasteiger partial charge in [-0.2, -0.15) is 0 Å². The molecule has 5 rings (SSSR count). The van der Waals surface area contributed by atoms with Crippen molar-refractivity contribution in [3.05, 3.63) is 96.8 Å². The van der Waals surface area contributed by atoms with Crippen molar-refractivity contribution in [1.82, 2.24) is 15.0 Å². The molecule has 5 heteroatoms. The predicted molar refractivity (Wildman–Crippen MR) is 120 cm³/mol. The number of benzene rings is 2. The van der Waals surface area contributed by atoms with Gasteiger partial charge in [-0.25, -0.2) is 9.97 Å². The molecule has 0 saturated heterocycles. The molecule has 0 bridgehead atoms. The minimum absolute atomic E-state index is 0.416. The number of hydrogen-bond donors (Lipinski definition) is 2. The maximum atomic E-state index is 5.95. The molecular weight excluding hydrogens is 372 g/mol. The zero-order chi connectivity index (χ0) is 20.3. The summed E-state index contributed by atoms with van der Waals surface area (Å²) >= 11 is 0. The Labute approximate surface area is 174 Å². The minimum Gasteiger partial charge on any atom is -0.487 e. The standard InChI is InChI=1S/C25H20N4O/c26-24-13-11-21(25(29-24)18-4-2-1-3-5-18)17-6-9-20(10-7-17)30-16-19-8-12-22-23(28-19)14-15-27-22/h1-15,27H,16H2,(H2,26,29). The molecule has 5 nitrogen and oxygen atoms in total. The van der Waals surface area contributed by atoms with Gasteiger partial charge in [-0.3, -0.25) is 0 Å². The van der Waals surface area contributed by atoms with Crippen LogP contribution in [0.3, 0.4) is 0 Å². The SMILES string of the molecule is Nc1ccc(-c2ccc(OCc3ccc4[nH]ccc4n3)cc2)c(-c2ccccc2)n1. The molecule has 3 N–H and O–H groups in total. The molecule has 0 saturated carbocycles. The van der Waals surface area contributed by atoms with Gasteiger partial charge in [0.1, 0.15) is 18.2 Å². The summed E-state index contributed by atoms with van der Waals surface area (Å²) in [5.41, 5.74) is 12.8. The van der Waals surface area contributed by atoms with Gasteiger partial charge in [-0.15, -0.1) is 0 Å². The van der Waals surface area contributed by atoms with Gasteiger partial charge >= 0.3 is 0 Å². The van der Waals surface area contributed by atoms with E-state index >= 15 is 0 Å². The first-order valence-electron chi connectivity index (χ1n) is 9.74. The predicted octanol–water partition coefficient (Wildman–Crippen LogP) is 5.45. The maximum absolute atomic E-state index is 5.95. The van der Waals surface area contributed by atoms with Crippen LogP contribution in [0, 0.1) is 0 Å². The second kappa shape index (κ2) is 7.72. The first-order chi connectivity index (χ1) is 14.8. The van der Waals surface area contributed by atoms with E-state index in [0.717, 1.165) is 44.9 Å². The highest BCUT2D eigenvalue weighted by atomic mass is 16.5. The number of pyridine rings is 2. The van der Waals surface area contributed by atoms with Gasteiger partial charge in [-0.1, -0.05) is 42.5 Å². The molecule has 3 aromatic heterocycles. The molecule has 5 aromatic rings. The van der Waals surface area contributed by atoms with Crippen molar-refractivity contribution in [3.63, 3.8) is 0 Å². The van der Waals surface area contributed by atoms with Crippen LogP contribution in [0.15, 0.2) is 91.1 Å². The van der Waals surface area contributed by atoms with E-state index < -0.39 is 0 Å². The Morgan fingerprint density at radius 2 is 1.60 bits per heavy atom. The maximum Gasteiger partial charge on any atom is 0.130 e. The van der Waals surface area contributed by atoms with E-state index in [1.54, 1.807) is 0 Å². The van der Waals surface area contributed by atoms with Crippen molar-refractivity contribution in [3.8, 4) is 28.1 Å². The summed E-state index contributed by atoms with van der Waals surface area (Å²) in [5.74, 6) is 1.30. The highest BCUT2D eigenvalue weighted by molar-refractivity contribution is 5.82. The van der Waals surface area contributed by atoms with E-state index in [9.17, 15) is 0 Å². The van der Waals surface area contributed by atoms with Gasteiger partial charge in [0.05, 0.1) is 22.4 Å². The van der Waals surface area contributed by atoms with Crippen molar-refractivity contribution in [2.24, 2.45) is 0 Å². The second-order valence-electron chi connectivity index (χ2n) is 7.02. The van der Waals surface area contributed by atoms with E-state index in [-0.39, 0.29) is 0 Å². The average molecular weight is 392 g/mol. The summed E-state index contributed by atoms with van der Waals surface area (Å²) in [6, 6.07) is 27.9. The lowest BCUT2D eigenvalue weighted by atomic mass is 9.99. The molecular formula is C25H20N4O. The minimum atomic E-state index is 0.416. The fourth-order valence-corrected chi connectivity index (χ4v) is 3.47. The smallest absolute Gasteiger partial charge is 0.130 e. The van der Waals surface area contributed by atoms with Gasteiger partial charge in [-0.05, 0) is 48.0 Å². The Hall–Kier alpha value is -4.12. The van der Waals surface area contributed by atoms with Crippen LogP contribution in [0.2, 0.25) is 0 Å². The van der Waals surface area contributed by atoms with Crippen LogP contribution in [0.5, 0.6) is 5.75 Å². The zero-order valence-electron chi connectivity index (χ0n) is 16.2. The monoisotopic (exact) mass is 392 g/mol.